The summed E-state index contributed by atoms with van der Waals surface area (Å²) >= 11 is 0. The number of carbonyl (C=O) groups excluding carboxylic acids is 1. The summed E-state index contributed by atoms with van der Waals surface area (Å²) in [6.45, 7) is 6.35. The van der Waals surface area contributed by atoms with Gasteiger partial charge in [0, 0.05) is 25.3 Å². The average Bonchev–Trinajstić information content (AvgIpc) is 2.45. The molecule has 142 valence electrons. The number of amides is 1. The Morgan fingerprint density at radius 2 is 1.80 bits per heavy atom. The highest BCUT2D eigenvalue weighted by Crippen LogP contribution is 2.35. The average molecular weight is 361 g/mol. The van der Waals surface area contributed by atoms with E-state index in [0.29, 0.717) is 18.7 Å². The zero-order chi connectivity index (χ0) is 19.1. The molecule has 0 radical (unpaired) electrons. The predicted molar refractivity (Wildman–Crippen MR) is 91.8 cm³/mol. The molecule has 0 saturated heterocycles. The lowest BCUT2D eigenvalue weighted by Gasteiger charge is -2.20. The minimum atomic E-state index is -4.45. The van der Waals surface area contributed by atoms with Gasteiger partial charge in [-0.05, 0) is 51.9 Å². The molecule has 1 aromatic carbocycles. The summed E-state index contributed by atoms with van der Waals surface area (Å²) in [5.74, 6) is 0. The number of hydrogen-bond acceptors (Lipinski definition) is 4. The van der Waals surface area contributed by atoms with Crippen LogP contribution in [0.1, 0.15) is 31.9 Å². The molecule has 1 aromatic rings. The SMILES string of the molecule is CNCCNc1ccc(CCNC(=O)OC(C)(C)C)cc1C(F)(F)F. The third-order valence-corrected chi connectivity index (χ3v) is 3.16. The summed E-state index contributed by atoms with van der Waals surface area (Å²) in [7, 11) is 1.73. The largest absolute Gasteiger partial charge is 0.444 e. The first-order valence-corrected chi connectivity index (χ1v) is 8.08. The molecule has 0 atom stereocenters. The molecule has 0 bridgehead atoms. The van der Waals surface area contributed by atoms with Crippen LogP contribution in [-0.4, -0.2) is 38.4 Å². The van der Waals surface area contributed by atoms with Gasteiger partial charge >= 0.3 is 12.3 Å². The van der Waals surface area contributed by atoms with Crippen molar-refractivity contribution in [1.82, 2.24) is 10.6 Å². The molecule has 0 heterocycles. The van der Waals surface area contributed by atoms with E-state index in [-0.39, 0.29) is 18.7 Å². The fraction of sp³-hybridized carbons (Fsp3) is 0.588. The molecule has 1 rings (SSSR count). The number of rotatable bonds is 7. The van der Waals surface area contributed by atoms with Gasteiger partial charge in [0.2, 0.25) is 0 Å². The molecule has 0 spiro atoms. The number of halogens is 3. The standard InChI is InChI=1S/C17H26F3N3O2/c1-16(2,3)25-15(24)23-8-7-12-5-6-14(22-10-9-21-4)13(11-12)17(18,19)20/h5-6,11,21-22H,7-10H2,1-4H3,(H,23,24). The van der Waals surface area contributed by atoms with E-state index in [2.05, 4.69) is 16.0 Å². The second-order valence-corrected chi connectivity index (χ2v) is 6.59. The first-order valence-electron chi connectivity index (χ1n) is 8.08. The van der Waals surface area contributed by atoms with Crippen molar-refractivity contribution in [3.63, 3.8) is 0 Å². The van der Waals surface area contributed by atoms with E-state index >= 15 is 0 Å². The molecule has 0 fully saturated rings. The molecule has 0 aliphatic carbocycles. The van der Waals surface area contributed by atoms with Gasteiger partial charge in [0.25, 0.3) is 0 Å². The van der Waals surface area contributed by atoms with Crippen LogP contribution < -0.4 is 16.0 Å². The number of anilines is 1. The number of hydrogen-bond donors (Lipinski definition) is 3. The normalized spacial score (nSPS) is 12.0. The number of ether oxygens (including phenoxy) is 1. The minimum absolute atomic E-state index is 0.0478. The molecular weight excluding hydrogens is 335 g/mol. The lowest BCUT2D eigenvalue weighted by Crippen LogP contribution is -2.33. The number of alkyl carbamates (subject to hydrolysis) is 1. The predicted octanol–water partition coefficient (Wildman–Crippen LogP) is 3.40. The third kappa shape index (κ3) is 8.11. The van der Waals surface area contributed by atoms with E-state index in [1.54, 1.807) is 33.9 Å². The first-order chi connectivity index (χ1) is 11.5. The number of carbonyl (C=O) groups is 1. The monoisotopic (exact) mass is 361 g/mol. The zero-order valence-electron chi connectivity index (χ0n) is 15.0. The van der Waals surface area contributed by atoms with Crippen LogP contribution >= 0.6 is 0 Å². The van der Waals surface area contributed by atoms with Gasteiger partial charge in [-0.1, -0.05) is 6.07 Å². The lowest BCUT2D eigenvalue weighted by molar-refractivity contribution is -0.137. The van der Waals surface area contributed by atoms with E-state index in [1.807, 2.05) is 0 Å². The molecule has 0 unspecified atom stereocenters. The van der Waals surface area contributed by atoms with Crippen molar-refractivity contribution in [1.29, 1.82) is 0 Å². The van der Waals surface area contributed by atoms with Crippen molar-refractivity contribution in [2.45, 2.75) is 39.0 Å². The van der Waals surface area contributed by atoms with Gasteiger partial charge in [0.1, 0.15) is 5.60 Å². The van der Waals surface area contributed by atoms with Crippen molar-refractivity contribution >= 4 is 11.8 Å². The number of alkyl halides is 3. The molecule has 1 amide bonds. The molecule has 8 heteroatoms. The third-order valence-electron chi connectivity index (χ3n) is 3.16. The maximum absolute atomic E-state index is 13.2. The van der Waals surface area contributed by atoms with Crippen LogP contribution in [0.2, 0.25) is 0 Å². The Labute approximate surface area is 146 Å². The van der Waals surface area contributed by atoms with Crippen molar-refractivity contribution < 1.29 is 22.7 Å². The molecule has 0 aliphatic heterocycles. The summed E-state index contributed by atoms with van der Waals surface area (Å²) < 4.78 is 44.8. The van der Waals surface area contributed by atoms with Gasteiger partial charge in [0.15, 0.2) is 0 Å². The number of benzene rings is 1. The molecule has 0 aliphatic rings. The second-order valence-electron chi connectivity index (χ2n) is 6.59. The highest BCUT2D eigenvalue weighted by Gasteiger charge is 2.33. The molecular formula is C17H26F3N3O2. The van der Waals surface area contributed by atoms with Gasteiger partial charge in [0.05, 0.1) is 5.56 Å². The Morgan fingerprint density at radius 3 is 2.36 bits per heavy atom. The Bertz CT molecular complexity index is 569. The number of likely N-dealkylation sites (N-methyl/N-ethyl adjacent to an activating group) is 1. The van der Waals surface area contributed by atoms with Crippen LogP contribution in [0.5, 0.6) is 0 Å². The molecule has 5 nitrogen and oxygen atoms in total. The van der Waals surface area contributed by atoms with Crippen molar-refractivity contribution in [2.75, 3.05) is 32.0 Å². The van der Waals surface area contributed by atoms with Crippen LogP contribution in [0.3, 0.4) is 0 Å². The van der Waals surface area contributed by atoms with E-state index in [9.17, 15) is 18.0 Å². The fourth-order valence-electron chi connectivity index (χ4n) is 2.08. The van der Waals surface area contributed by atoms with E-state index in [4.69, 9.17) is 4.74 Å². The minimum Gasteiger partial charge on any atom is -0.444 e. The van der Waals surface area contributed by atoms with Gasteiger partial charge in [-0.25, -0.2) is 4.79 Å². The highest BCUT2D eigenvalue weighted by molar-refractivity contribution is 5.67. The highest BCUT2D eigenvalue weighted by atomic mass is 19.4. The quantitative estimate of drug-likeness (QED) is 0.652. The van der Waals surface area contributed by atoms with Gasteiger partial charge in [-0.3, -0.25) is 0 Å². The van der Waals surface area contributed by atoms with E-state index in [1.165, 1.54) is 6.07 Å². The Kier molecular flexibility index (Phi) is 7.54. The molecule has 3 N–H and O–H groups in total. The maximum atomic E-state index is 13.2. The zero-order valence-corrected chi connectivity index (χ0v) is 15.0. The van der Waals surface area contributed by atoms with Crippen LogP contribution in [0.25, 0.3) is 0 Å². The van der Waals surface area contributed by atoms with Crippen LogP contribution in [-0.2, 0) is 17.3 Å². The lowest BCUT2D eigenvalue weighted by atomic mass is 10.1. The van der Waals surface area contributed by atoms with Crippen molar-refractivity contribution in [3.8, 4) is 0 Å². The van der Waals surface area contributed by atoms with Gasteiger partial charge < -0.3 is 20.7 Å². The fourth-order valence-corrected chi connectivity index (χ4v) is 2.08. The van der Waals surface area contributed by atoms with Crippen LogP contribution in [0, 0.1) is 0 Å². The van der Waals surface area contributed by atoms with E-state index < -0.39 is 23.4 Å². The topological polar surface area (TPSA) is 62.4 Å². The summed E-state index contributed by atoms with van der Waals surface area (Å²) in [5, 5.41) is 8.18. The Morgan fingerprint density at radius 1 is 1.12 bits per heavy atom. The summed E-state index contributed by atoms with van der Waals surface area (Å²) in [6, 6.07) is 4.15. The smallest absolute Gasteiger partial charge is 0.418 e. The first kappa shape index (κ1) is 21.1. The summed E-state index contributed by atoms with van der Waals surface area (Å²) in [4.78, 5) is 11.5. The van der Waals surface area contributed by atoms with Crippen molar-refractivity contribution in [2.24, 2.45) is 0 Å². The molecule has 0 saturated carbocycles. The maximum Gasteiger partial charge on any atom is 0.418 e. The van der Waals surface area contributed by atoms with Gasteiger partial charge in [-0.15, -0.1) is 0 Å². The second kappa shape index (κ2) is 8.94. The molecule has 25 heavy (non-hydrogen) atoms. The summed E-state index contributed by atoms with van der Waals surface area (Å²) in [6.07, 6.45) is -4.76. The Balaban J connectivity index is 2.70. The number of nitrogens with one attached hydrogen (secondary N) is 3. The van der Waals surface area contributed by atoms with Crippen LogP contribution in [0.15, 0.2) is 18.2 Å². The summed E-state index contributed by atoms with van der Waals surface area (Å²) in [5.41, 5.74) is -0.790. The Hall–Kier alpha value is -1.96. The van der Waals surface area contributed by atoms with Crippen molar-refractivity contribution in [3.05, 3.63) is 29.3 Å². The van der Waals surface area contributed by atoms with Gasteiger partial charge in [-0.2, -0.15) is 13.2 Å². The van der Waals surface area contributed by atoms with Crippen LogP contribution in [0.4, 0.5) is 23.7 Å². The molecule has 0 aromatic heterocycles. The van der Waals surface area contributed by atoms with E-state index in [0.717, 1.165) is 6.07 Å².